The van der Waals surface area contributed by atoms with Gasteiger partial charge in [-0.2, -0.15) is 0 Å². The quantitative estimate of drug-likeness (QED) is 0.886. The van der Waals surface area contributed by atoms with Crippen LogP contribution in [0.1, 0.15) is 5.82 Å². The maximum Gasteiger partial charge on any atom is 0.135 e. The predicted octanol–water partition coefficient (Wildman–Crippen LogP) is 1.96. The van der Waals surface area contributed by atoms with Crippen molar-refractivity contribution in [2.45, 2.75) is 6.42 Å². The van der Waals surface area contributed by atoms with Crippen LogP contribution in [0.3, 0.4) is 0 Å². The summed E-state index contributed by atoms with van der Waals surface area (Å²) < 4.78 is 26.3. The van der Waals surface area contributed by atoms with E-state index in [4.69, 9.17) is 5.11 Å². The topological polar surface area (TPSA) is 46.0 Å². The molecule has 0 aliphatic rings. The molecule has 2 rings (SSSR count). The second-order valence-corrected chi connectivity index (χ2v) is 3.46. The van der Waals surface area contributed by atoms with Crippen molar-refractivity contribution in [2.24, 2.45) is 0 Å². The summed E-state index contributed by atoms with van der Waals surface area (Å²) in [5, 5.41) is 8.77. The van der Waals surface area contributed by atoms with Gasteiger partial charge in [-0.3, -0.25) is 0 Å². The van der Waals surface area contributed by atoms with Gasteiger partial charge < -0.3 is 5.11 Å². The van der Waals surface area contributed by atoms with Crippen LogP contribution in [0.2, 0.25) is 0 Å². The fourth-order valence-corrected chi connectivity index (χ4v) is 1.47. The largest absolute Gasteiger partial charge is 0.396 e. The molecule has 0 amide bonds. The normalized spacial score (nSPS) is 10.5. The number of aromatic nitrogens is 2. The third kappa shape index (κ3) is 2.62. The SMILES string of the molecule is OCCc1nccc(-c2ccc(F)cc2F)n1. The average Bonchev–Trinajstić information content (AvgIpc) is 2.29. The maximum absolute atomic E-state index is 13.5. The molecule has 1 aromatic carbocycles. The third-order valence-electron chi connectivity index (χ3n) is 2.25. The predicted molar refractivity (Wildman–Crippen MR) is 58.2 cm³/mol. The van der Waals surface area contributed by atoms with E-state index >= 15 is 0 Å². The van der Waals surface area contributed by atoms with Crippen LogP contribution in [0.4, 0.5) is 8.78 Å². The summed E-state index contributed by atoms with van der Waals surface area (Å²) >= 11 is 0. The first kappa shape index (κ1) is 11.6. The van der Waals surface area contributed by atoms with E-state index in [-0.39, 0.29) is 12.2 Å². The smallest absolute Gasteiger partial charge is 0.135 e. The van der Waals surface area contributed by atoms with Crippen molar-refractivity contribution in [2.75, 3.05) is 6.61 Å². The Morgan fingerprint density at radius 1 is 1.18 bits per heavy atom. The zero-order chi connectivity index (χ0) is 12.3. The summed E-state index contributed by atoms with van der Waals surface area (Å²) in [5.41, 5.74) is 0.592. The molecule has 2 aromatic rings. The molecule has 0 aliphatic carbocycles. The Labute approximate surface area is 96.8 Å². The molecule has 88 valence electrons. The minimum atomic E-state index is -0.668. The number of aliphatic hydroxyl groups is 1. The van der Waals surface area contributed by atoms with E-state index in [0.717, 1.165) is 6.07 Å². The van der Waals surface area contributed by atoms with Gasteiger partial charge in [0.05, 0.1) is 12.3 Å². The Balaban J connectivity index is 2.42. The van der Waals surface area contributed by atoms with E-state index in [2.05, 4.69) is 9.97 Å². The molecular weight excluding hydrogens is 226 g/mol. The molecule has 5 heteroatoms. The second kappa shape index (κ2) is 4.97. The van der Waals surface area contributed by atoms with Crippen molar-refractivity contribution in [1.29, 1.82) is 0 Å². The average molecular weight is 236 g/mol. The van der Waals surface area contributed by atoms with Crippen molar-refractivity contribution >= 4 is 0 Å². The Morgan fingerprint density at radius 3 is 2.71 bits per heavy atom. The number of halogens is 2. The van der Waals surface area contributed by atoms with Gasteiger partial charge >= 0.3 is 0 Å². The zero-order valence-electron chi connectivity index (χ0n) is 8.90. The van der Waals surface area contributed by atoms with Crippen LogP contribution in [0, 0.1) is 11.6 Å². The fraction of sp³-hybridized carbons (Fsp3) is 0.167. The van der Waals surface area contributed by atoms with Gasteiger partial charge in [0.1, 0.15) is 17.5 Å². The van der Waals surface area contributed by atoms with E-state index in [1.54, 1.807) is 0 Å². The molecule has 0 atom stereocenters. The lowest BCUT2D eigenvalue weighted by Crippen LogP contribution is -2.00. The molecule has 1 heterocycles. The van der Waals surface area contributed by atoms with Crippen LogP contribution in [-0.4, -0.2) is 21.7 Å². The lowest BCUT2D eigenvalue weighted by atomic mass is 10.1. The molecule has 3 nitrogen and oxygen atoms in total. The van der Waals surface area contributed by atoms with Gasteiger partial charge in [-0.05, 0) is 18.2 Å². The van der Waals surface area contributed by atoms with E-state index in [1.165, 1.54) is 24.4 Å². The van der Waals surface area contributed by atoms with Gasteiger partial charge in [-0.25, -0.2) is 18.7 Å². The first-order valence-electron chi connectivity index (χ1n) is 5.09. The van der Waals surface area contributed by atoms with Gasteiger partial charge in [0.2, 0.25) is 0 Å². The Hall–Kier alpha value is -1.88. The summed E-state index contributed by atoms with van der Waals surface area (Å²) in [6, 6.07) is 4.85. The van der Waals surface area contributed by atoms with Crippen molar-refractivity contribution in [3.8, 4) is 11.3 Å². The summed E-state index contributed by atoms with van der Waals surface area (Å²) in [6.07, 6.45) is 1.78. The molecule has 1 aromatic heterocycles. The van der Waals surface area contributed by atoms with Gasteiger partial charge in [0.15, 0.2) is 0 Å². The molecule has 0 spiro atoms. The highest BCUT2D eigenvalue weighted by Gasteiger charge is 2.08. The van der Waals surface area contributed by atoms with Crippen molar-refractivity contribution in [3.63, 3.8) is 0 Å². The fourth-order valence-electron chi connectivity index (χ4n) is 1.47. The highest BCUT2D eigenvalue weighted by atomic mass is 19.1. The zero-order valence-corrected chi connectivity index (χ0v) is 8.90. The highest BCUT2D eigenvalue weighted by molar-refractivity contribution is 5.59. The van der Waals surface area contributed by atoms with E-state index in [9.17, 15) is 8.78 Å². The monoisotopic (exact) mass is 236 g/mol. The second-order valence-electron chi connectivity index (χ2n) is 3.46. The molecule has 0 saturated heterocycles. The number of hydrogen-bond acceptors (Lipinski definition) is 3. The van der Waals surface area contributed by atoms with Crippen molar-refractivity contribution in [3.05, 3.63) is 47.9 Å². The standard InChI is InChI=1S/C12H10F2N2O/c13-8-1-2-9(10(14)7-8)11-3-5-15-12(16-11)4-6-17/h1-3,5,7,17H,4,6H2. The minimum Gasteiger partial charge on any atom is -0.396 e. The highest BCUT2D eigenvalue weighted by Crippen LogP contribution is 2.21. The molecular formula is C12H10F2N2O. The lowest BCUT2D eigenvalue weighted by Gasteiger charge is -2.04. The molecule has 0 radical (unpaired) electrons. The number of rotatable bonds is 3. The molecule has 0 bridgehead atoms. The maximum atomic E-state index is 13.5. The molecule has 0 unspecified atom stereocenters. The Bertz CT molecular complexity index is 532. The molecule has 17 heavy (non-hydrogen) atoms. The molecule has 0 aliphatic heterocycles. The first-order chi connectivity index (χ1) is 8.20. The molecule has 0 fully saturated rings. The molecule has 1 N–H and O–H groups in total. The minimum absolute atomic E-state index is 0.0741. The van der Waals surface area contributed by atoms with Crippen LogP contribution in [-0.2, 0) is 6.42 Å². The third-order valence-corrected chi connectivity index (χ3v) is 2.25. The van der Waals surface area contributed by atoms with E-state index < -0.39 is 11.6 Å². The summed E-state index contributed by atoms with van der Waals surface area (Å²) in [5.74, 6) is -0.872. The lowest BCUT2D eigenvalue weighted by molar-refractivity contribution is 0.296. The van der Waals surface area contributed by atoms with Crippen LogP contribution in [0.15, 0.2) is 30.5 Å². The van der Waals surface area contributed by atoms with Gasteiger partial charge in [0, 0.05) is 24.2 Å². The number of hydrogen-bond donors (Lipinski definition) is 1. The number of nitrogens with zero attached hydrogens (tertiary/aromatic N) is 2. The van der Waals surface area contributed by atoms with E-state index in [0.29, 0.717) is 17.9 Å². The van der Waals surface area contributed by atoms with Crippen LogP contribution < -0.4 is 0 Å². The summed E-state index contributed by atoms with van der Waals surface area (Å²) in [6.45, 7) is -0.0741. The van der Waals surface area contributed by atoms with Gasteiger partial charge in [-0.1, -0.05) is 0 Å². The number of aliphatic hydroxyl groups excluding tert-OH is 1. The Morgan fingerprint density at radius 2 is 2.00 bits per heavy atom. The van der Waals surface area contributed by atoms with Crippen molar-refractivity contribution < 1.29 is 13.9 Å². The van der Waals surface area contributed by atoms with Crippen LogP contribution in [0.25, 0.3) is 11.3 Å². The molecule has 0 saturated carbocycles. The summed E-state index contributed by atoms with van der Waals surface area (Å²) in [7, 11) is 0. The van der Waals surface area contributed by atoms with Crippen LogP contribution >= 0.6 is 0 Å². The van der Waals surface area contributed by atoms with Gasteiger partial charge in [-0.15, -0.1) is 0 Å². The van der Waals surface area contributed by atoms with Crippen molar-refractivity contribution in [1.82, 2.24) is 9.97 Å². The number of benzene rings is 1. The van der Waals surface area contributed by atoms with Gasteiger partial charge in [0.25, 0.3) is 0 Å². The van der Waals surface area contributed by atoms with E-state index in [1.807, 2.05) is 0 Å². The van der Waals surface area contributed by atoms with Crippen LogP contribution in [0.5, 0.6) is 0 Å². The Kier molecular flexibility index (Phi) is 3.39. The first-order valence-corrected chi connectivity index (χ1v) is 5.09. The summed E-state index contributed by atoms with van der Waals surface area (Å²) in [4.78, 5) is 8.02.